The number of allylic oxidation sites excluding steroid dienone is 1. The van der Waals surface area contributed by atoms with Crippen LogP contribution in [-0.2, 0) is 16.8 Å². The van der Waals surface area contributed by atoms with Crippen LogP contribution >= 0.6 is 11.8 Å². The molecule has 0 aliphatic carbocycles. The van der Waals surface area contributed by atoms with E-state index in [1.807, 2.05) is 25.3 Å². The number of thioether (sulfide) groups is 1. The summed E-state index contributed by atoms with van der Waals surface area (Å²) in [6, 6.07) is 10.5. The number of carbonyl (C=O) groups is 1. The van der Waals surface area contributed by atoms with Gasteiger partial charge in [0.1, 0.15) is 5.54 Å². The second-order valence-electron chi connectivity index (χ2n) is 9.25. The van der Waals surface area contributed by atoms with Gasteiger partial charge in [-0.2, -0.15) is 5.26 Å². The number of benzene rings is 1. The van der Waals surface area contributed by atoms with E-state index in [1.165, 1.54) is 17.3 Å². The normalized spacial score (nSPS) is 14.5. The standard InChI is InChI=1S/C24H33N5OS/c1-9-14-29-20(18-10-12-19(13-11-18)23(5,6)7)27-28-22(29)31-17(4)21(30)26-24(8,15-25)16(2)3/h9-13,16-17H,1,14H2,2-8H3,(H,26,30). The summed E-state index contributed by atoms with van der Waals surface area (Å²) in [7, 11) is 0. The van der Waals surface area contributed by atoms with Crippen molar-refractivity contribution in [3.8, 4) is 17.5 Å². The fourth-order valence-corrected chi connectivity index (χ4v) is 3.73. The third-order valence-corrected chi connectivity index (χ3v) is 6.54. The Morgan fingerprint density at radius 3 is 2.32 bits per heavy atom. The zero-order chi connectivity index (χ0) is 23.4. The van der Waals surface area contributed by atoms with Gasteiger partial charge in [0, 0.05) is 12.1 Å². The van der Waals surface area contributed by atoms with E-state index in [0.29, 0.717) is 11.7 Å². The van der Waals surface area contributed by atoms with Crippen molar-refractivity contribution in [2.75, 3.05) is 0 Å². The van der Waals surface area contributed by atoms with Crippen molar-refractivity contribution >= 4 is 17.7 Å². The Kier molecular flexibility index (Phi) is 7.72. The molecule has 0 saturated heterocycles. The van der Waals surface area contributed by atoms with E-state index in [9.17, 15) is 10.1 Å². The molecule has 166 valence electrons. The van der Waals surface area contributed by atoms with Gasteiger partial charge >= 0.3 is 0 Å². The topological polar surface area (TPSA) is 83.6 Å². The van der Waals surface area contributed by atoms with E-state index < -0.39 is 10.8 Å². The van der Waals surface area contributed by atoms with Crippen LogP contribution in [-0.4, -0.2) is 31.5 Å². The Bertz CT molecular complexity index is 965. The molecule has 2 unspecified atom stereocenters. The molecule has 0 fully saturated rings. The van der Waals surface area contributed by atoms with Crippen molar-refractivity contribution in [1.82, 2.24) is 20.1 Å². The smallest absolute Gasteiger partial charge is 0.234 e. The molecule has 1 heterocycles. The Labute approximate surface area is 190 Å². The van der Waals surface area contributed by atoms with Gasteiger partial charge in [0.15, 0.2) is 11.0 Å². The zero-order valence-corrected chi connectivity index (χ0v) is 20.4. The molecule has 6 nitrogen and oxygen atoms in total. The third kappa shape index (κ3) is 5.76. The largest absolute Gasteiger partial charge is 0.337 e. The average Bonchev–Trinajstić information content (AvgIpc) is 3.09. The van der Waals surface area contributed by atoms with Crippen LogP contribution in [0.5, 0.6) is 0 Å². The van der Waals surface area contributed by atoms with Gasteiger partial charge in [-0.25, -0.2) is 0 Å². The van der Waals surface area contributed by atoms with Crippen molar-refractivity contribution in [3.05, 3.63) is 42.5 Å². The maximum absolute atomic E-state index is 12.7. The summed E-state index contributed by atoms with van der Waals surface area (Å²) in [4.78, 5) is 12.7. The van der Waals surface area contributed by atoms with Crippen molar-refractivity contribution < 1.29 is 4.79 Å². The van der Waals surface area contributed by atoms with Crippen LogP contribution in [0.2, 0.25) is 0 Å². The van der Waals surface area contributed by atoms with E-state index in [0.717, 1.165) is 11.4 Å². The minimum absolute atomic E-state index is 0.00857. The highest BCUT2D eigenvalue weighted by Crippen LogP contribution is 2.29. The minimum atomic E-state index is -0.916. The quantitative estimate of drug-likeness (QED) is 0.464. The Balaban J connectivity index is 2.27. The molecule has 0 radical (unpaired) electrons. The summed E-state index contributed by atoms with van der Waals surface area (Å²) in [5.74, 6) is 0.525. The van der Waals surface area contributed by atoms with E-state index in [1.54, 1.807) is 13.0 Å². The number of hydrogen-bond donors (Lipinski definition) is 1. The molecule has 2 atom stereocenters. The first-order chi connectivity index (χ1) is 14.4. The molecular formula is C24H33N5OS. The van der Waals surface area contributed by atoms with Crippen molar-refractivity contribution in [3.63, 3.8) is 0 Å². The van der Waals surface area contributed by atoms with Crippen LogP contribution in [0.15, 0.2) is 42.1 Å². The lowest BCUT2D eigenvalue weighted by molar-refractivity contribution is -0.121. The summed E-state index contributed by atoms with van der Waals surface area (Å²) >= 11 is 1.32. The second kappa shape index (κ2) is 9.69. The zero-order valence-electron chi connectivity index (χ0n) is 19.6. The number of nitrogens with zero attached hydrogens (tertiary/aromatic N) is 4. The molecule has 0 spiro atoms. The molecule has 0 aliphatic rings. The van der Waals surface area contributed by atoms with Crippen LogP contribution in [0, 0.1) is 17.2 Å². The maximum atomic E-state index is 12.7. The van der Waals surface area contributed by atoms with Gasteiger partial charge in [-0.15, -0.1) is 16.8 Å². The molecule has 1 aromatic heterocycles. The molecule has 2 rings (SSSR count). The molecule has 31 heavy (non-hydrogen) atoms. The van der Waals surface area contributed by atoms with Crippen molar-refractivity contribution in [2.24, 2.45) is 5.92 Å². The van der Waals surface area contributed by atoms with E-state index in [4.69, 9.17) is 0 Å². The SMILES string of the molecule is C=CCn1c(SC(C)C(=O)NC(C)(C#N)C(C)C)nnc1-c1ccc(C(C)(C)C)cc1. The number of nitrogens with one attached hydrogen (secondary N) is 1. The third-order valence-electron chi connectivity index (χ3n) is 5.46. The summed E-state index contributed by atoms with van der Waals surface area (Å²) in [5, 5.41) is 21.3. The van der Waals surface area contributed by atoms with Gasteiger partial charge in [0.2, 0.25) is 5.91 Å². The van der Waals surface area contributed by atoms with Crippen LogP contribution in [0.4, 0.5) is 0 Å². The highest BCUT2D eigenvalue weighted by Gasteiger charge is 2.32. The van der Waals surface area contributed by atoms with Gasteiger partial charge in [0.05, 0.1) is 11.3 Å². The lowest BCUT2D eigenvalue weighted by Crippen LogP contribution is -2.51. The molecule has 2 aromatic rings. The predicted molar refractivity (Wildman–Crippen MR) is 127 cm³/mol. The molecule has 1 amide bonds. The Morgan fingerprint density at radius 2 is 1.84 bits per heavy atom. The van der Waals surface area contributed by atoms with Crippen LogP contribution in [0.25, 0.3) is 11.4 Å². The lowest BCUT2D eigenvalue weighted by atomic mass is 9.87. The number of hydrogen-bond acceptors (Lipinski definition) is 5. The summed E-state index contributed by atoms with van der Waals surface area (Å²) in [5.41, 5.74) is 1.37. The fraction of sp³-hybridized carbons (Fsp3) is 0.500. The van der Waals surface area contributed by atoms with E-state index in [2.05, 4.69) is 73.2 Å². The van der Waals surface area contributed by atoms with Crippen molar-refractivity contribution in [1.29, 1.82) is 5.26 Å². The summed E-state index contributed by atoms with van der Waals surface area (Å²) < 4.78 is 1.96. The molecule has 1 aromatic carbocycles. The van der Waals surface area contributed by atoms with Crippen LogP contribution in [0.3, 0.4) is 0 Å². The van der Waals surface area contributed by atoms with Crippen LogP contribution in [0.1, 0.15) is 54.0 Å². The van der Waals surface area contributed by atoms with Gasteiger partial charge in [-0.05, 0) is 30.7 Å². The molecule has 0 saturated carbocycles. The van der Waals surface area contributed by atoms with Crippen LogP contribution < -0.4 is 5.32 Å². The minimum Gasteiger partial charge on any atom is -0.337 e. The average molecular weight is 440 g/mol. The fourth-order valence-electron chi connectivity index (χ4n) is 2.87. The molecule has 1 N–H and O–H groups in total. The van der Waals surface area contributed by atoms with Gasteiger partial charge in [0.25, 0.3) is 0 Å². The molecular weight excluding hydrogens is 406 g/mol. The second-order valence-corrected chi connectivity index (χ2v) is 10.6. The highest BCUT2D eigenvalue weighted by molar-refractivity contribution is 8.00. The number of carbonyl (C=O) groups excluding carboxylic acids is 1. The maximum Gasteiger partial charge on any atom is 0.234 e. The number of nitriles is 1. The number of rotatable bonds is 8. The first kappa shape index (κ1) is 24.7. The van der Waals surface area contributed by atoms with Gasteiger partial charge < -0.3 is 5.32 Å². The van der Waals surface area contributed by atoms with E-state index >= 15 is 0 Å². The summed E-state index contributed by atoms with van der Waals surface area (Å²) in [6.07, 6.45) is 1.79. The van der Waals surface area contributed by atoms with Gasteiger partial charge in [-0.3, -0.25) is 9.36 Å². The molecule has 0 bridgehead atoms. The molecule has 0 aliphatic heterocycles. The Morgan fingerprint density at radius 1 is 1.23 bits per heavy atom. The monoisotopic (exact) mass is 439 g/mol. The van der Waals surface area contributed by atoms with E-state index in [-0.39, 0.29) is 17.2 Å². The molecule has 7 heteroatoms. The van der Waals surface area contributed by atoms with Crippen molar-refractivity contribution in [2.45, 2.75) is 76.4 Å². The first-order valence-electron chi connectivity index (χ1n) is 10.5. The summed E-state index contributed by atoms with van der Waals surface area (Å²) in [6.45, 7) is 18.3. The number of amides is 1. The van der Waals surface area contributed by atoms with Gasteiger partial charge in [-0.1, -0.05) is 76.7 Å². The first-order valence-corrected chi connectivity index (χ1v) is 11.4. The predicted octanol–water partition coefficient (Wildman–Crippen LogP) is 4.96. The Hall–Kier alpha value is -2.59. The highest BCUT2D eigenvalue weighted by atomic mass is 32.2. The lowest BCUT2D eigenvalue weighted by Gasteiger charge is -2.28. The number of aromatic nitrogens is 3.